The van der Waals surface area contributed by atoms with E-state index in [0.29, 0.717) is 24.1 Å². The number of guanidine groups is 1. The molecule has 0 saturated carbocycles. The summed E-state index contributed by atoms with van der Waals surface area (Å²) in [5, 5.41) is 6.67. The second-order valence-electron chi connectivity index (χ2n) is 6.63. The molecule has 0 aliphatic carbocycles. The van der Waals surface area contributed by atoms with Crippen molar-refractivity contribution in [3.63, 3.8) is 0 Å². The maximum Gasteiger partial charge on any atom is 0.191 e. The zero-order valence-corrected chi connectivity index (χ0v) is 15.6. The summed E-state index contributed by atoms with van der Waals surface area (Å²) in [6.45, 7) is 11.9. The van der Waals surface area contributed by atoms with Gasteiger partial charge in [0, 0.05) is 37.8 Å². The predicted molar refractivity (Wildman–Crippen MR) is 100 cm³/mol. The number of ether oxygens (including phenoxy) is 1. The Morgan fingerprint density at radius 3 is 2.60 bits per heavy atom. The van der Waals surface area contributed by atoms with Crippen molar-refractivity contribution < 1.29 is 9.13 Å². The minimum atomic E-state index is -0.213. The van der Waals surface area contributed by atoms with Crippen molar-refractivity contribution in [2.45, 2.75) is 33.4 Å². The van der Waals surface area contributed by atoms with Gasteiger partial charge < -0.3 is 15.4 Å². The van der Waals surface area contributed by atoms with Crippen LogP contribution in [0.3, 0.4) is 0 Å². The molecular weight excluding hydrogens is 319 g/mol. The molecule has 140 valence electrons. The molecule has 0 spiro atoms. The fourth-order valence-electron chi connectivity index (χ4n) is 3.03. The average Bonchev–Trinajstić information content (AvgIpc) is 2.61. The van der Waals surface area contributed by atoms with Crippen molar-refractivity contribution in [3.05, 3.63) is 35.6 Å². The normalized spacial score (nSPS) is 17.6. The van der Waals surface area contributed by atoms with Gasteiger partial charge in [0.05, 0.1) is 19.8 Å². The summed E-state index contributed by atoms with van der Waals surface area (Å²) in [6, 6.07) is 7.19. The van der Waals surface area contributed by atoms with Gasteiger partial charge in [0.1, 0.15) is 5.82 Å². The molecule has 1 saturated heterocycles. The zero-order chi connectivity index (χ0) is 18.1. The van der Waals surface area contributed by atoms with Crippen LogP contribution in [0.2, 0.25) is 0 Å². The van der Waals surface area contributed by atoms with Gasteiger partial charge in [-0.25, -0.2) is 9.38 Å². The smallest absolute Gasteiger partial charge is 0.191 e. The lowest BCUT2D eigenvalue weighted by atomic mass is 10.0. The van der Waals surface area contributed by atoms with E-state index in [4.69, 9.17) is 4.74 Å². The van der Waals surface area contributed by atoms with E-state index in [2.05, 4.69) is 34.4 Å². The van der Waals surface area contributed by atoms with Crippen LogP contribution >= 0.6 is 0 Å². The first-order valence-corrected chi connectivity index (χ1v) is 9.19. The van der Waals surface area contributed by atoms with Gasteiger partial charge in [-0.3, -0.25) is 4.90 Å². The first-order chi connectivity index (χ1) is 12.1. The molecule has 6 heteroatoms. The summed E-state index contributed by atoms with van der Waals surface area (Å²) in [5.74, 6) is 1.04. The highest BCUT2D eigenvalue weighted by Crippen LogP contribution is 2.12. The van der Waals surface area contributed by atoms with Crippen molar-refractivity contribution in [3.8, 4) is 0 Å². The second-order valence-corrected chi connectivity index (χ2v) is 6.63. The van der Waals surface area contributed by atoms with Crippen LogP contribution in [-0.2, 0) is 11.3 Å². The van der Waals surface area contributed by atoms with Crippen molar-refractivity contribution in [1.29, 1.82) is 0 Å². The van der Waals surface area contributed by atoms with E-state index in [0.717, 1.165) is 45.4 Å². The highest BCUT2D eigenvalue weighted by Gasteiger charge is 2.23. The van der Waals surface area contributed by atoms with Gasteiger partial charge in [0.15, 0.2) is 5.96 Å². The Kier molecular flexibility index (Phi) is 8.15. The lowest BCUT2D eigenvalue weighted by Crippen LogP contribution is -2.52. The van der Waals surface area contributed by atoms with Gasteiger partial charge in [-0.2, -0.15) is 0 Å². The third-order valence-electron chi connectivity index (χ3n) is 4.47. The number of aliphatic imine (C=N–C) groups is 1. The Balaban J connectivity index is 1.96. The molecule has 0 amide bonds. The number of benzene rings is 1. The molecule has 5 nitrogen and oxygen atoms in total. The molecule has 0 bridgehead atoms. The molecule has 1 aliphatic rings. The van der Waals surface area contributed by atoms with E-state index >= 15 is 0 Å². The molecule has 1 fully saturated rings. The summed E-state index contributed by atoms with van der Waals surface area (Å²) < 4.78 is 19.2. The van der Waals surface area contributed by atoms with E-state index in [1.165, 1.54) is 6.07 Å². The Hall–Kier alpha value is -1.66. The van der Waals surface area contributed by atoms with Gasteiger partial charge in [-0.1, -0.05) is 32.0 Å². The van der Waals surface area contributed by atoms with Crippen molar-refractivity contribution in [1.82, 2.24) is 15.5 Å². The minimum absolute atomic E-state index is 0.213. The quantitative estimate of drug-likeness (QED) is 0.585. The second kappa shape index (κ2) is 10.4. The Labute approximate surface area is 150 Å². The molecule has 1 heterocycles. The summed E-state index contributed by atoms with van der Waals surface area (Å²) in [4.78, 5) is 7.01. The van der Waals surface area contributed by atoms with Crippen molar-refractivity contribution in [2.24, 2.45) is 10.9 Å². The molecule has 1 aliphatic heterocycles. The standard InChI is InChI=1S/C19H31FN4O/c1-4-21-19(22-13-16-7-5-6-8-17(16)20)23-14-18(15(2)3)24-9-11-25-12-10-24/h5-8,15,18H,4,9-14H2,1-3H3,(H2,21,22,23). The molecule has 2 N–H and O–H groups in total. The molecule has 1 unspecified atom stereocenters. The number of halogens is 1. The van der Waals surface area contributed by atoms with Crippen LogP contribution in [0.25, 0.3) is 0 Å². The fraction of sp³-hybridized carbons (Fsp3) is 0.632. The first-order valence-electron chi connectivity index (χ1n) is 9.19. The van der Waals surface area contributed by atoms with Crippen LogP contribution in [0.15, 0.2) is 29.3 Å². The van der Waals surface area contributed by atoms with Crippen LogP contribution < -0.4 is 10.6 Å². The third kappa shape index (κ3) is 6.29. The molecule has 1 aromatic carbocycles. The first kappa shape index (κ1) is 19.7. The maximum atomic E-state index is 13.8. The van der Waals surface area contributed by atoms with Gasteiger partial charge in [-0.05, 0) is 18.9 Å². The monoisotopic (exact) mass is 350 g/mol. The van der Waals surface area contributed by atoms with Crippen LogP contribution in [0, 0.1) is 11.7 Å². The molecule has 1 aromatic rings. The minimum Gasteiger partial charge on any atom is -0.379 e. The van der Waals surface area contributed by atoms with E-state index < -0.39 is 0 Å². The molecule has 1 atom stereocenters. The van der Waals surface area contributed by atoms with Gasteiger partial charge in [0.25, 0.3) is 0 Å². The molecular formula is C19H31FN4O. The number of morpholine rings is 1. The summed E-state index contributed by atoms with van der Waals surface area (Å²) in [7, 11) is 0. The maximum absolute atomic E-state index is 13.8. The lowest BCUT2D eigenvalue weighted by molar-refractivity contribution is 0.00752. The molecule has 0 radical (unpaired) electrons. The van der Waals surface area contributed by atoms with Gasteiger partial charge in [0.2, 0.25) is 0 Å². The van der Waals surface area contributed by atoms with E-state index in [-0.39, 0.29) is 5.82 Å². The topological polar surface area (TPSA) is 48.9 Å². The number of nitrogens with zero attached hydrogens (tertiary/aromatic N) is 2. The van der Waals surface area contributed by atoms with Crippen molar-refractivity contribution >= 4 is 5.96 Å². The zero-order valence-electron chi connectivity index (χ0n) is 15.6. The van der Waals surface area contributed by atoms with E-state index in [9.17, 15) is 4.39 Å². The summed E-state index contributed by atoms with van der Waals surface area (Å²) in [6.07, 6.45) is 0. The molecule has 2 rings (SSSR count). The van der Waals surface area contributed by atoms with Crippen molar-refractivity contribution in [2.75, 3.05) is 39.4 Å². The third-order valence-corrected chi connectivity index (χ3v) is 4.47. The van der Waals surface area contributed by atoms with Crippen LogP contribution in [0.1, 0.15) is 26.3 Å². The van der Waals surface area contributed by atoms with Crippen LogP contribution in [0.5, 0.6) is 0 Å². The van der Waals surface area contributed by atoms with Gasteiger partial charge >= 0.3 is 0 Å². The number of nitrogens with one attached hydrogen (secondary N) is 2. The van der Waals surface area contributed by atoms with E-state index in [1.54, 1.807) is 12.1 Å². The number of rotatable bonds is 7. The fourth-order valence-corrected chi connectivity index (χ4v) is 3.03. The lowest BCUT2D eigenvalue weighted by Gasteiger charge is -2.37. The molecule has 25 heavy (non-hydrogen) atoms. The number of hydrogen-bond donors (Lipinski definition) is 2. The SMILES string of the molecule is CCNC(=NCc1ccccc1F)NCC(C(C)C)N1CCOCC1. The molecule has 0 aromatic heterocycles. The van der Waals surface area contributed by atoms with Crippen LogP contribution in [0.4, 0.5) is 4.39 Å². The summed E-state index contributed by atoms with van der Waals surface area (Å²) in [5.41, 5.74) is 0.605. The summed E-state index contributed by atoms with van der Waals surface area (Å²) >= 11 is 0. The average molecular weight is 350 g/mol. The van der Waals surface area contributed by atoms with E-state index in [1.807, 2.05) is 13.0 Å². The Morgan fingerprint density at radius 2 is 1.96 bits per heavy atom. The van der Waals surface area contributed by atoms with Gasteiger partial charge in [-0.15, -0.1) is 0 Å². The largest absolute Gasteiger partial charge is 0.379 e. The Morgan fingerprint density at radius 1 is 1.24 bits per heavy atom. The highest BCUT2D eigenvalue weighted by molar-refractivity contribution is 5.79. The van der Waals surface area contributed by atoms with Crippen LogP contribution in [-0.4, -0.2) is 56.3 Å². The Bertz CT molecular complexity index is 544. The predicted octanol–water partition coefficient (Wildman–Crippen LogP) is 2.24. The number of hydrogen-bond acceptors (Lipinski definition) is 3. The highest BCUT2D eigenvalue weighted by atomic mass is 19.1.